The van der Waals surface area contributed by atoms with Gasteiger partial charge in [-0.25, -0.2) is 0 Å². The van der Waals surface area contributed by atoms with E-state index in [4.69, 9.17) is 5.26 Å². The van der Waals surface area contributed by atoms with Crippen LogP contribution in [0.1, 0.15) is 32.6 Å². The topological polar surface area (TPSA) is 27.0 Å². The molecular weight excluding hydrogens is 160 g/mol. The van der Waals surface area contributed by atoms with E-state index in [9.17, 15) is 0 Å². The minimum Gasteiger partial charge on any atom is -0.299 e. The van der Waals surface area contributed by atoms with E-state index in [1.165, 1.54) is 38.8 Å². The van der Waals surface area contributed by atoms with Crippen LogP contribution >= 0.6 is 0 Å². The van der Waals surface area contributed by atoms with E-state index >= 15 is 0 Å². The Morgan fingerprint density at radius 2 is 2.08 bits per heavy atom. The molecule has 3 saturated heterocycles. The molecule has 2 bridgehead atoms. The summed E-state index contributed by atoms with van der Waals surface area (Å²) in [6, 6.07) is 3.11. The van der Waals surface area contributed by atoms with Gasteiger partial charge in [0.05, 0.1) is 12.0 Å². The maximum atomic E-state index is 9.13. The van der Waals surface area contributed by atoms with Crippen molar-refractivity contribution in [3.8, 4) is 6.07 Å². The Morgan fingerprint density at radius 3 is 2.62 bits per heavy atom. The van der Waals surface area contributed by atoms with Gasteiger partial charge in [-0.15, -0.1) is 0 Å². The van der Waals surface area contributed by atoms with Crippen molar-refractivity contribution in [1.82, 2.24) is 4.90 Å². The molecule has 0 aromatic rings. The summed E-state index contributed by atoms with van der Waals surface area (Å²) in [5.74, 6) is 1.05. The van der Waals surface area contributed by atoms with Gasteiger partial charge < -0.3 is 0 Å². The summed E-state index contributed by atoms with van der Waals surface area (Å²) in [4.78, 5) is 2.54. The van der Waals surface area contributed by atoms with Crippen LogP contribution < -0.4 is 0 Å². The molecule has 3 aliphatic rings. The molecule has 0 aromatic carbocycles. The highest BCUT2D eigenvalue weighted by atomic mass is 15.2. The van der Waals surface area contributed by atoms with Crippen molar-refractivity contribution in [2.24, 2.45) is 11.8 Å². The zero-order valence-corrected chi connectivity index (χ0v) is 8.37. The molecule has 3 aliphatic heterocycles. The summed E-state index contributed by atoms with van der Waals surface area (Å²) in [5, 5.41) is 9.13. The Bertz CT molecular complexity index is 211. The maximum absolute atomic E-state index is 9.13. The molecule has 2 atom stereocenters. The van der Waals surface area contributed by atoms with Gasteiger partial charge in [-0.1, -0.05) is 13.3 Å². The van der Waals surface area contributed by atoms with Crippen LogP contribution in [0, 0.1) is 23.2 Å². The number of nitriles is 1. The van der Waals surface area contributed by atoms with Gasteiger partial charge in [0.1, 0.15) is 0 Å². The van der Waals surface area contributed by atoms with E-state index in [1.807, 2.05) is 0 Å². The Balaban J connectivity index is 2.10. The standard InChI is InChI=1S/C11H18N2/c1-2-3-11-10(8-12)9-4-6-13(11)7-5-9/h9-11H,2-7H2,1H3. The second-order valence-electron chi connectivity index (χ2n) is 4.38. The first-order chi connectivity index (χ1) is 6.36. The lowest BCUT2D eigenvalue weighted by Crippen LogP contribution is -2.54. The fraction of sp³-hybridized carbons (Fsp3) is 0.909. The minimum absolute atomic E-state index is 0.336. The van der Waals surface area contributed by atoms with Gasteiger partial charge in [0, 0.05) is 6.04 Å². The fourth-order valence-electron chi connectivity index (χ4n) is 3.00. The van der Waals surface area contributed by atoms with Crippen molar-refractivity contribution in [3.63, 3.8) is 0 Å². The molecule has 0 saturated carbocycles. The van der Waals surface area contributed by atoms with Crippen molar-refractivity contribution < 1.29 is 0 Å². The lowest BCUT2D eigenvalue weighted by atomic mass is 9.73. The summed E-state index contributed by atoms with van der Waals surface area (Å²) in [7, 11) is 0. The lowest BCUT2D eigenvalue weighted by molar-refractivity contribution is 0.0103. The second kappa shape index (κ2) is 3.67. The highest BCUT2D eigenvalue weighted by Gasteiger charge is 2.41. The van der Waals surface area contributed by atoms with Gasteiger partial charge in [0.25, 0.3) is 0 Å². The molecule has 0 N–H and O–H groups in total. The predicted octanol–water partition coefficient (Wildman–Crippen LogP) is 2.02. The van der Waals surface area contributed by atoms with E-state index in [-0.39, 0.29) is 0 Å². The molecule has 0 radical (unpaired) electrons. The fourth-order valence-corrected chi connectivity index (χ4v) is 3.00. The third-order valence-corrected chi connectivity index (χ3v) is 3.70. The first-order valence-electron chi connectivity index (χ1n) is 5.50. The second-order valence-corrected chi connectivity index (χ2v) is 4.38. The average Bonchev–Trinajstić information content (AvgIpc) is 2.20. The highest BCUT2D eigenvalue weighted by Crippen LogP contribution is 2.38. The maximum Gasteiger partial charge on any atom is 0.0675 e. The Labute approximate surface area is 80.5 Å². The zero-order chi connectivity index (χ0) is 9.26. The quantitative estimate of drug-likeness (QED) is 0.647. The molecule has 0 amide bonds. The van der Waals surface area contributed by atoms with Crippen LogP contribution in [0.2, 0.25) is 0 Å². The van der Waals surface area contributed by atoms with E-state index in [2.05, 4.69) is 17.9 Å². The predicted molar refractivity (Wildman–Crippen MR) is 52.1 cm³/mol. The minimum atomic E-state index is 0.336. The van der Waals surface area contributed by atoms with Crippen LogP contribution in [0.5, 0.6) is 0 Å². The van der Waals surface area contributed by atoms with Gasteiger partial charge in [-0.3, -0.25) is 4.90 Å². The van der Waals surface area contributed by atoms with Crippen LogP contribution in [0.4, 0.5) is 0 Å². The van der Waals surface area contributed by atoms with Gasteiger partial charge >= 0.3 is 0 Å². The SMILES string of the molecule is CCCC1C(C#N)C2CCN1CC2. The molecule has 72 valence electrons. The molecular formula is C11H18N2. The normalized spacial score (nSPS) is 43.1. The summed E-state index contributed by atoms with van der Waals surface area (Å²) in [6.07, 6.45) is 4.96. The summed E-state index contributed by atoms with van der Waals surface area (Å²) in [6.45, 7) is 4.71. The van der Waals surface area contributed by atoms with Crippen LogP contribution in [-0.2, 0) is 0 Å². The van der Waals surface area contributed by atoms with E-state index in [0.717, 1.165) is 0 Å². The summed E-state index contributed by atoms with van der Waals surface area (Å²) >= 11 is 0. The number of hydrogen-bond donors (Lipinski definition) is 0. The van der Waals surface area contributed by atoms with Gasteiger partial charge in [-0.2, -0.15) is 5.26 Å². The third kappa shape index (κ3) is 1.46. The Kier molecular flexibility index (Phi) is 2.55. The number of fused-ring (bicyclic) bond motifs is 3. The number of rotatable bonds is 2. The summed E-state index contributed by atoms with van der Waals surface area (Å²) < 4.78 is 0. The van der Waals surface area contributed by atoms with E-state index < -0.39 is 0 Å². The van der Waals surface area contributed by atoms with Gasteiger partial charge in [0.15, 0.2) is 0 Å². The first-order valence-corrected chi connectivity index (χ1v) is 5.50. The largest absolute Gasteiger partial charge is 0.299 e. The third-order valence-electron chi connectivity index (χ3n) is 3.70. The van der Waals surface area contributed by atoms with Crippen molar-refractivity contribution in [2.75, 3.05) is 13.1 Å². The Morgan fingerprint density at radius 1 is 1.38 bits per heavy atom. The number of piperidine rings is 3. The van der Waals surface area contributed by atoms with E-state index in [0.29, 0.717) is 17.9 Å². The van der Waals surface area contributed by atoms with Crippen molar-refractivity contribution >= 4 is 0 Å². The molecule has 0 spiro atoms. The van der Waals surface area contributed by atoms with Crippen LogP contribution in [-0.4, -0.2) is 24.0 Å². The molecule has 3 fully saturated rings. The smallest absolute Gasteiger partial charge is 0.0675 e. The molecule has 3 rings (SSSR count). The van der Waals surface area contributed by atoms with E-state index in [1.54, 1.807) is 0 Å². The molecule has 2 heteroatoms. The molecule has 0 aromatic heterocycles. The molecule has 2 unspecified atom stereocenters. The van der Waals surface area contributed by atoms with Crippen molar-refractivity contribution in [3.05, 3.63) is 0 Å². The number of nitrogens with zero attached hydrogens (tertiary/aromatic N) is 2. The average molecular weight is 178 g/mol. The molecule has 13 heavy (non-hydrogen) atoms. The van der Waals surface area contributed by atoms with Crippen molar-refractivity contribution in [2.45, 2.75) is 38.6 Å². The molecule has 0 aliphatic carbocycles. The highest BCUT2D eigenvalue weighted by molar-refractivity contribution is 5.03. The summed E-state index contributed by atoms with van der Waals surface area (Å²) in [5.41, 5.74) is 0. The zero-order valence-electron chi connectivity index (χ0n) is 8.37. The first kappa shape index (κ1) is 9.02. The van der Waals surface area contributed by atoms with Crippen LogP contribution in [0.25, 0.3) is 0 Å². The van der Waals surface area contributed by atoms with Gasteiger partial charge in [-0.05, 0) is 38.3 Å². The van der Waals surface area contributed by atoms with Crippen LogP contribution in [0.15, 0.2) is 0 Å². The molecule has 2 nitrogen and oxygen atoms in total. The Hall–Kier alpha value is -0.550. The number of hydrogen-bond acceptors (Lipinski definition) is 2. The van der Waals surface area contributed by atoms with Gasteiger partial charge in [0.2, 0.25) is 0 Å². The lowest BCUT2D eigenvalue weighted by Gasteiger charge is -2.48. The monoisotopic (exact) mass is 178 g/mol. The molecule has 3 heterocycles. The van der Waals surface area contributed by atoms with Crippen molar-refractivity contribution in [1.29, 1.82) is 5.26 Å². The van der Waals surface area contributed by atoms with Crippen LogP contribution in [0.3, 0.4) is 0 Å².